The maximum absolute atomic E-state index is 6.92. The highest BCUT2D eigenvalue weighted by atomic mass is 16.5. The first-order valence-electron chi connectivity index (χ1n) is 17.0. The van der Waals surface area contributed by atoms with Crippen molar-refractivity contribution in [1.29, 1.82) is 0 Å². The highest BCUT2D eigenvalue weighted by molar-refractivity contribution is 5.15. The van der Waals surface area contributed by atoms with Crippen molar-refractivity contribution in [2.75, 3.05) is 46.0 Å². The van der Waals surface area contributed by atoms with E-state index in [1.54, 1.807) is 0 Å². The van der Waals surface area contributed by atoms with Gasteiger partial charge in [-0.2, -0.15) is 0 Å². The van der Waals surface area contributed by atoms with Crippen LogP contribution in [-0.4, -0.2) is 64.3 Å². The van der Waals surface area contributed by atoms with Crippen LogP contribution in [0.1, 0.15) is 97.8 Å². The fourth-order valence-corrected chi connectivity index (χ4v) is 10.2. The highest BCUT2D eigenvalue weighted by Crippen LogP contribution is 2.69. The lowest BCUT2D eigenvalue weighted by molar-refractivity contribution is -0.227. The molecule has 0 saturated heterocycles. The molecule has 0 bridgehead atoms. The molecule has 4 aliphatic rings. The van der Waals surface area contributed by atoms with Crippen molar-refractivity contribution in [3.8, 4) is 0 Å². The Balaban J connectivity index is 1.64. The molecule has 7 heteroatoms. The van der Waals surface area contributed by atoms with Gasteiger partial charge in [-0.05, 0) is 144 Å². The summed E-state index contributed by atoms with van der Waals surface area (Å²) in [6, 6.07) is 0. The van der Waals surface area contributed by atoms with Crippen molar-refractivity contribution in [2.24, 2.45) is 69.3 Å². The van der Waals surface area contributed by atoms with Crippen LogP contribution in [-0.2, 0) is 14.2 Å². The third kappa shape index (κ3) is 6.61. The molecule has 0 amide bonds. The first kappa shape index (κ1) is 32.6. The van der Waals surface area contributed by atoms with Crippen molar-refractivity contribution in [2.45, 2.75) is 116 Å². The van der Waals surface area contributed by atoms with E-state index in [0.29, 0.717) is 72.8 Å². The van der Waals surface area contributed by atoms with Gasteiger partial charge in [0, 0.05) is 25.2 Å². The molecule has 4 saturated carbocycles. The van der Waals surface area contributed by atoms with E-state index in [1.165, 1.54) is 32.1 Å². The lowest BCUT2D eigenvalue weighted by Crippen LogP contribution is -2.63. The third-order valence-corrected chi connectivity index (χ3v) is 12.4. The van der Waals surface area contributed by atoms with Gasteiger partial charge in [-0.1, -0.05) is 20.8 Å². The molecule has 5 unspecified atom stereocenters. The van der Waals surface area contributed by atoms with Crippen LogP contribution in [0.5, 0.6) is 0 Å². The van der Waals surface area contributed by atoms with E-state index in [4.69, 9.17) is 37.1 Å². The van der Waals surface area contributed by atoms with E-state index in [2.05, 4.69) is 20.8 Å². The van der Waals surface area contributed by atoms with E-state index in [1.807, 2.05) is 0 Å². The van der Waals surface area contributed by atoms with Gasteiger partial charge in [0.05, 0.1) is 18.3 Å². The smallest absolute Gasteiger partial charge is 0.0637 e. The van der Waals surface area contributed by atoms with E-state index >= 15 is 0 Å². The zero-order valence-electron chi connectivity index (χ0n) is 26.2. The van der Waals surface area contributed by atoms with Gasteiger partial charge in [0.25, 0.3) is 0 Å². The van der Waals surface area contributed by atoms with Crippen molar-refractivity contribution in [1.82, 2.24) is 0 Å². The minimum atomic E-state index is 0.172. The summed E-state index contributed by atoms with van der Waals surface area (Å²) in [5, 5.41) is 0. The summed E-state index contributed by atoms with van der Waals surface area (Å²) in [6.45, 7) is 12.9. The fourth-order valence-electron chi connectivity index (χ4n) is 10.2. The standard InChI is InChI=1S/C33H64N4O3/c1-23(8-4-13-34)26-9-10-27-31-28(22-30(33(26,27)3)40-19-7-16-37)32(2)12-11-25(38-17-5-14-35)20-24(32)21-29(31)39-18-6-15-36/h23-31H,4-22,34-37H2,1-3H3/t23-,24?,25-,26?,27+,28+,29-,30+,31?,32?,33?/m1/s1. The molecule has 0 aromatic carbocycles. The first-order chi connectivity index (χ1) is 19.3. The van der Waals surface area contributed by atoms with Gasteiger partial charge in [-0.25, -0.2) is 0 Å². The van der Waals surface area contributed by atoms with Crippen LogP contribution in [0.4, 0.5) is 0 Å². The lowest BCUT2D eigenvalue weighted by atomic mass is 9.43. The van der Waals surface area contributed by atoms with Gasteiger partial charge >= 0.3 is 0 Å². The maximum atomic E-state index is 6.92. The van der Waals surface area contributed by atoms with Crippen LogP contribution in [0.3, 0.4) is 0 Å². The molecular formula is C33H64N4O3. The zero-order valence-corrected chi connectivity index (χ0v) is 26.2. The Morgan fingerprint density at radius 1 is 0.725 bits per heavy atom. The summed E-state index contributed by atoms with van der Waals surface area (Å²) < 4.78 is 20.1. The second-order valence-electron chi connectivity index (χ2n) is 14.4. The Bertz CT molecular complexity index is 757. The highest BCUT2D eigenvalue weighted by Gasteiger charge is 2.66. The quantitative estimate of drug-likeness (QED) is 0.204. The number of fused-ring (bicyclic) bond motifs is 5. The van der Waals surface area contributed by atoms with Crippen molar-refractivity contribution in [3.05, 3.63) is 0 Å². The topological polar surface area (TPSA) is 132 Å². The molecule has 0 aliphatic heterocycles. The van der Waals surface area contributed by atoms with Crippen LogP contribution in [0.25, 0.3) is 0 Å². The first-order valence-corrected chi connectivity index (χ1v) is 17.0. The Kier molecular flexibility index (Phi) is 12.2. The molecule has 0 heterocycles. The van der Waals surface area contributed by atoms with E-state index in [-0.39, 0.29) is 11.5 Å². The van der Waals surface area contributed by atoms with Gasteiger partial charge < -0.3 is 37.1 Å². The summed E-state index contributed by atoms with van der Waals surface area (Å²) in [7, 11) is 0. The van der Waals surface area contributed by atoms with Crippen LogP contribution in [0.15, 0.2) is 0 Å². The maximum Gasteiger partial charge on any atom is 0.0637 e. The van der Waals surface area contributed by atoms with Gasteiger partial charge in [-0.3, -0.25) is 0 Å². The Morgan fingerprint density at radius 3 is 2.05 bits per heavy atom. The molecule has 4 fully saturated rings. The van der Waals surface area contributed by atoms with Crippen LogP contribution in [0, 0.1) is 46.3 Å². The second-order valence-corrected chi connectivity index (χ2v) is 14.4. The van der Waals surface area contributed by atoms with Gasteiger partial charge in [0.2, 0.25) is 0 Å². The SMILES string of the molecule is C[C@H](CCCN)C1CC[C@H]2C3[C@H](OCCCN)CC4C[C@H](OCCCN)CCC4(C)[C@H]3C[C@H](OCCCN)C12C. The minimum Gasteiger partial charge on any atom is -0.378 e. The summed E-state index contributed by atoms with van der Waals surface area (Å²) in [5.41, 5.74) is 24.0. The molecule has 0 spiro atoms. The van der Waals surface area contributed by atoms with Crippen LogP contribution >= 0.6 is 0 Å². The molecule has 8 N–H and O–H groups in total. The van der Waals surface area contributed by atoms with Gasteiger partial charge in [-0.15, -0.1) is 0 Å². The Labute approximate surface area is 245 Å². The minimum absolute atomic E-state index is 0.172. The molecule has 0 aromatic heterocycles. The Hall–Kier alpha value is -0.280. The molecule has 0 radical (unpaired) electrons. The molecule has 7 nitrogen and oxygen atoms in total. The molecule has 40 heavy (non-hydrogen) atoms. The summed E-state index contributed by atoms with van der Waals surface area (Å²) in [4.78, 5) is 0. The van der Waals surface area contributed by atoms with Crippen LogP contribution in [0.2, 0.25) is 0 Å². The number of hydrogen-bond acceptors (Lipinski definition) is 7. The summed E-state index contributed by atoms with van der Waals surface area (Å²) in [6.07, 6.45) is 14.6. The van der Waals surface area contributed by atoms with Crippen LogP contribution < -0.4 is 22.9 Å². The number of ether oxygens (including phenoxy) is 3. The molecule has 234 valence electrons. The molecular weight excluding hydrogens is 500 g/mol. The zero-order chi connectivity index (χ0) is 28.8. The van der Waals surface area contributed by atoms with Crippen molar-refractivity contribution in [3.63, 3.8) is 0 Å². The van der Waals surface area contributed by atoms with Crippen molar-refractivity contribution < 1.29 is 14.2 Å². The molecule has 11 atom stereocenters. The lowest BCUT2D eigenvalue weighted by Gasteiger charge is -2.65. The van der Waals surface area contributed by atoms with Gasteiger partial charge in [0.15, 0.2) is 0 Å². The summed E-state index contributed by atoms with van der Waals surface area (Å²) >= 11 is 0. The normalized spacial score (nSPS) is 41.8. The molecule has 4 rings (SSSR count). The third-order valence-electron chi connectivity index (χ3n) is 12.4. The van der Waals surface area contributed by atoms with Gasteiger partial charge in [0.1, 0.15) is 0 Å². The fraction of sp³-hybridized carbons (Fsp3) is 1.00. The van der Waals surface area contributed by atoms with E-state index in [9.17, 15) is 0 Å². The monoisotopic (exact) mass is 564 g/mol. The van der Waals surface area contributed by atoms with Crippen molar-refractivity contribution >= 4 is 0 Å². The molecule has 0 aromatic rings. The predicted octanol–water partition coefficient (Wildman–Crippen LogP) is 4.44. The predicted molar refractivity (Wildman–Crippen MR) is 164 cm³/mol. The average molecular weight is 565 g/mol. The average Bonchev–Trinajstić information content (AvgIpc) is 3.31. The Morgan fingerprint density at radius 2 is 1.38 bits per heavy atom. The van der Waals surface area contributed by atoms with E-state index in [0.717, 1.165) is 71.3 Å². The number of nitrogens with two attached hydrogens (primary N) is 4. The second kappa shape index (κ2) is 14.9. The number of rotatable bonds is 16. The summed E-state index contributed by atoms with van der Waals surface area (Å²) in [5.74, 6) is 3.83. The molecule has 4 aliphatic carbocycles. The van der Waals surface area contributed by atoms with E-state index < -0.39 is 0 Å². The largest absolute Gasteiger partial charge is 0.378 e. The number of hydrogen-bond donors (Lipinski definition) is 4.